The first-order chi connectivity index (χ1) is 33.9. The Hall–Kier alpha value is -6.31. The van der Waals surface area contributed by atoms with E-state index in [1.54, 1.807) is 0 Å². The molecule has 5 nitrogen and oxygen atoms in total. The first kappa shape index (κ1) is 45.1. The number of pyridine rings is 2. The van der Waals surface area contributed by atoms with Gasteiger partial charge in [0.25, 0.3) is 0 Å². The molecule has 0 N–H and O–H groups in total. The Morgan fingerprint density at radius 1 is 0.696 bits per heavy atom. The standard InChI is InChI=1S/C42H34N3O.C19H25FNSi.Ir/c1-26(2)34-24-30(28-14-7-5-8-15-28)25-35(27(3)4)39(34)45-38-21-12-11-20-37(38)43-41(45)33-19-13-18-31-32-22-23-36(29-16-9-6-10-17-29)44-42(32)46-40(31)33;1-13(2)9-15-11-18(21-12-19(15)22(4,5)6)16-8-7-14(3)10-17(16)20;/h5-18,20-27H,1-4H3;7,10-13H,9H2,1-6H3;/q2*-1;/i;3D3;. The number of benzene rings is 6. The summed E-state index contributed by atoms with van der Waals surface area (Å²) < 4.78 is 45.6. The molecule has 0 saturated carbocycles. The third-order valence-corrected chi connectivity index (χ3v) is 14.5. The SMILES string of the molecule is CC(C)c1cc(-c2ccccc2)cc(C(C)C)c1-n1c(-c2[c-]ccc3c2oc2nc(-c4ccccc4)ccc23)nc2ccccc21.[2H]C([2H])([2H])c1c[c-]c(-c2cc(CC(C)C)c([Si](C)(C)C)cn2)c(F)c1.[Ir]. The molecule has 10 rings (SSSR count). The number of para-hydroxylation sites is 2. The molecule has 4 aromatic heterocycles. The quantitative estimate of drug-likeness (QED) is 0.101. The number of halogens is 1. The molecule has 0 aliphatic heterocycles. The van der Waals surface area contributed by atoms with Gasteiger partial charge in [-0.25, -0.2) is 4.98 Å². The predicted octanol–water partition coefficient (Wildman–Crippen LogP) is 16.1. The van der Waals surface area contributed by atoms with Crippen LogP contribution in [0.4, 0.5) is 4.39 Å². The van der Waals surface area contributed by atoms with E-state index in [-0.39, 0.29) is 43.1 Å². The molecular formula is C61H59FIrN4OSi-2. The van der Waals surface area contributed by atoms with Crippen LogP contribution in [-0.2, 0) is 26.5 Å². The van der Waals surface area contributed by atoms with Crippen LogP contribution in [0.3, 0.4) is 0 Å². The normalized spacial score (nSPS) is 12.6. The van der Waals surface area contributed by atoms with E-state index in [1.807, 2.05) is 36.5 Å². The molecule has 0 amide bonds. The van der Waals surface area contributed by atoms with E-state index in [0.29, 0.717) is 17.3 Å². The van der Waals surface area contributed by atoms with Crippen LogP contribution in [0.2, 0.25) is 19.6 Å². The third kappa shape index (κ3) is 10.1. The molecule has 0 atom stereocenters. The van der Waals surface area contributed by atoms with Gasteiger partial charge in [-0.3, -0.25) is 9.37 Å². The molecular weight excluding hydrogens is 1040 g/mol. The average Bonchev–Trinajstić information content (AvgIpc) is 3.92. The summed E-state index contributed by atoms with van der Waals surface area (Å²) in [6, 6.07) is 52.9. The van der Waals surface area contributed by atoms with Crippen LogP contribution in [0.1, 0.15) is 79.7 Å². The number of hydrogen-bond donors (Lipinski definition) is 0. The maximum absolute atomic E-state index is 14.5. The number of furan rings is 1. The molecule has 0 aliphatic rings. The average molecular weight is 1110 g/mol. The number of imidazole rings is 1. The number of nitrogens with zero attached hydrogens (tertiary/aromatic N) is 4. The molecule has 10 aromatic rings. The summed E-state index contributed by atoms with van der Waals surface area (Å²) in [6.07, 6.45) is 2.77. The topological polar surface area (TPSA) is 56.7 Å². The molecule has 0 aliphatic carbocycles. The van der Waals surface area contributed by atoms with Gasteiger partial charge in [-0.05, 0) is 93.7 Å². The van der Waals surface area contributed by atoms with Crippen LogP contribution in [0.5, 0.6) is 0 Å². The number of aryl methyl sites for hydroxylation is 1. The van der Waals surface area contributed by atoms with Gasteiger partial charge in [0, 0.05) is 52.9 Å². The molecule has 6 aromatic carbocycles. The summed E-state index contributed by atoms with van der Waals surface area (Å²) >= 11 is 0. The van der Waals surface area contributed by atoms with Crippen molar-refractivity contribution < 1.29 is 33.0 Å². The summed E-state index contributed by atoms with van der Waals surface area (Å²) in [7, 11) is -1.56. The largest absolute Gasteiger partial charge is 0.486 e. The Morgan fingerprint density at radius 3 is 2.00 bits per heavy atom. The van der Waals surface area contributed by atoms with E-state index < -0.39 is 20.7 Å². The van der Waals surface area contributed by atoms with Gasteiger partial charge in [-0.15, -0.1) is 42.0 Å². The van der Waals surface area contributed by atoms with Crippen molar-refractivity contribution in [1.82, 2.24) is 19.5 Å². The van der Waals surface area contributed by atoms with Gasteiger partial charge in [0.2, 0.25) is 5.71 Å². The molecule has 4 heterocycles. The molecule has 8 heteroatoms. The maximum atomic E-state index is 14.5. The van der Waals surface area contributed by atoms with E-state index >= 15 is 0 Å². The Kier molecular flexibility index (Phi) is 13.3. The predicted molar refractivity (Wildman–Crippen MR) is 284 cm³/mol. The zero-order chi connectivity index (χ0) is 50.4. The van der Waals surface area contributed by atoms with Crippen LogP contribution in [0, 0.1) is 30.7 Å². The Morgan fingerprint density at radius 2 is 1.36 bits per heavy atom. The maximum Gasteiger partial charge on any atom is 0.216 e. The first-order valence-electron chi connectivity index (χ1n) is 25.1. The number of fused-ring (bicyclic) bond motifs is 4. The fraction of sp³-hybridized carbons (Fsp3) is 0.230. The van der Waals surface area contributed by atoms with Gasteiger partial charge in [-0.2, -0.15) is 0 Å². The van der Waals surface area contributed by atoms with Crippen molar-refractivity contribution in [2.75, 3.05) is 0 Å². The minimum absolute atomic E-state index is 0. The summed E-state index contributed by atoms with van der Waals surface area (Å²) in [4.78, 5) is 14.7. The van der Waals surface area contributed by atoms with Gasteiger partial charge in [0.1, 0.15) is 0 Å². The monoisotopic (exact) mass is 1110 g/mol. The molecule has 0 saturated heterocycles. The molecule has 0 bridgehead atoms. The smallest absolute Gasteiger partial charge is 0.216 e. The summed E-state index contributed by atoms with van der Waals surface area (Å²) in [6.45, 7) is 17.9. The molecule has 351 valence electrons. The van der Waals surface area contributed by atoms with Crippen LogP contribution < -0.4 is 5.19 Å². The van der Waals surface area contributed by atoms with Gasteiger partial charge in [0.15, 0.2) is 0 Å². The van der Waals surface area contributed by atoms with Crippen LogP contribution >= 0.6 is 0 Å². The van der Waals surface area contributed by atoms with Crippen molar-refractivity contribution in [3.8, 4) is 50.7 Å². The summed E-state index contributed by atoms with van der Waals surface area (Å²) in [5.41, 5.74) is 14.2. The molecule has 0 fully saturated rings. The van der Waals surface area contributed by atoms with Crippen molar-refractivity contribution in [3.05, 3.63) is 186 Å². The number of aromatic nitrogens is 4. The van der Waals surface area contributed by atoms with Crippen molar-refractivity contribution in [3.63, 3.8) is 0 Å². The van der Waals surface area contributed by atoms with Gasteiger partial charge < -0.3 is 14.0 Å². The van der Waals surface area contributed by atoms with Crippen LogP contribution in [-0.4, -0.2) is 27.6 Å². The van der Waals surface area contributed by atoms with E-state index in [2.05, 4.69) is 180 Å². The number of hydrogen-bond acceptors (Lipinski definition) is 4. The Bertz CT molecular complexity index is 3510. The molecule has 69 heavy (non-hydrogen) atoms. The van der Waals surface area contributed by atoms with Gasteiger partial charge >= 0.3 is 0 Å². The van der Waals surface area contributed by atoms with Crippen molar-refractivity contribution in [2.45, 2.75) is 86.3 Å². The second-order valence-electron chi connectivity index (χ2n) is 19.7. The van der Waals surface area contributed by atoms with Gasteiger partial charge in [-0.1, -0.05) is 169 Å². The second-order valence-corrected chi connectivity index (χ2v) is 24.8. The minimum Gasteiger partial charge on any atom is -0.486 e. The zero-order valence-electron chi connectivity index (χ0n) is 43.7. The molecule has 0 spiro atoms. The summed E-state index contributed by atoms with van der Waals surface area (Å²) in [5, 5.41) is 3.26. The molecule has 0 unspecified atom stereocenters. The Labute approximate surface area is 425 Å². The van der Waals surface area contributed by atoms with Crippen molar-refractivity contribution >= 4 is 46.4 Å². The first-order valence-corrected chi connectivity index (χ1v) is 27.1. The third-order valence-electron chi connectivity index (χ3n) is 12.5. The van der Waals surface area contributed by atoms with E-state index in [9.17, 15) is 4.39 Å². The Balaban J connectivity index is 0.000000227. The van der Waals surface area contributed by atoms with Gasteiger partial charge in [0.05, 0.1) is 36.2 Å². The van der Waals surface area contributed by atoms with Crippen LogP contribution in [0.25, 0.3) is 83.8 Å². The van der Waals surface area contributed by atoms with E-state index in [4.69, 9.17) is 18.5 Å². The van der Waals surface area contributed by atoms with E-state index in [1.165, 1.54) is 44.8 Å². The zero-order valence-corrected chi connectivity index (χ0v) is 44.1. The van der Waals surface area contributed by atoms with Crippen molar-refractivity contribution in [2.24, 2.45) is 5.92 Å². The molecule has 1 radical (unpaired) electrons. The number of rotatable bonds is 10. The second kappa shape index (κ2) is 20.3. The minimum atomic E-state index is -2.34. The van der Waals surface area contributed by atoms with Crippen molar-refractivity contribution in [1.29, 1.82) is 0 Å². The van der Waals surface area contributed by atoms with Crippen LogP contribution in [0.15, 0.2) is 150 Å². The van der Waals surface area contributed by atoms with E-state index in [0.717, 1.165) is 62.5 Å². The fourth-order valence-corrected chi connectivity index (χ4v) is 10.8. The fourth-order valence-electron chi connectivity index (χ4n) is 9.18. The summed E-state index contributed by atoms with van der Waals surface area (Å²) in [5.74, 6) is 1.24.